The summed E-state index contributed by atoms with van der Waals surface area (Å²) in [6.45, 7) is 4.27. The van der Waals surface area contributed by atoms with Crippen LogP contribution in [0.15, 0.2) is 29.3 Å². The van der Waals surface area contributed by atoms with E-state index < -0.39 is 0 Å². The van der Waals surface area contributed by atoms with Crippen molar-refractivity contribution in [3.05, 3.63) is 35.6 Å². The first-order valence-electron chi connectivity index (χ1n) is 9.14. The summed E-state index contributed by atoms with van der Waals surface area (Å²) < 4.78 is 19.3. The molecule has 2 saturated carbocycles. The molecule has 0 radical (unpaired) electrons. The van der Waals surface area contributed by atoms with E-state index in [1.54, 1.807) is 12.1 Å². The molecule has 24 heavy (non-hydrogen) atoms. The minimum atomic E-state index is -0.209. The molecular formula is C19H26FN3O. The molecule has 4 rings (SSSR count). The highest BCUT2D eigenvalue weighted by Gasteiger charge is 2.66. The van der Waals surface area contributed by atoms with Crippen LogP contribution in [-0.2, 0) is 11.3 Å². The summed E-state index contributed by atoms with van der Waals surface area (Å²) in [4.78, 5) is 4.67. The van der Waals surface area contributed by atoms with Crippen LogP contribution in [0.2, 0.25) is 0 Å². The molecule has 130 valence electrons. The molecule has 1 saturated heterocycles. The van der Waals surface area contributed by atoms with E-state index in [1.165, 1.54) is 25.3 Å². The van der Waals surface area contributed by atoms with Crippen LogP contribution in [0.1, 0.15) is 38.2 Å². The van der Waals surface area contributed by atoms with Gasteiger partial charge >= 0.3 is 0 Å². The van der Waals surface area contributed by atoms with E-state index >= 15 is 0 Å². The lowest BCUT2D eigenvalue weighted by Gasteiger charge is -2.63. The van der Waals surface area contributed by atoms with Crippen molar-refractivity contribution in [2.24, 2.45) is 16.3 Å². The third kappa shape index (κ3) is 2.59. The molecule has 3 atom stereocenters. The number of hydrogen-bond donors (Lipinski definition) is 2. The molecule has 2 N–H and O–H groups in total. The minimum absolute atomic E-state index is 0.209. The average Bonchev–Trinajstić information content (AvgIpc) is 2.94. The molecule has 1 heterocycles. The number of guanidine groups is 1. The Hall–Kier alpha value is -1.62. The highest BCUT2D eigenvalue weighted by molar-refractivity contribution is 5.80. The normalized spacial score (nSPS) is 30.4. The molecule has 1 spiro atoms. The zero-order valence-electron chi connectivity index (χ0n) is 14.2. The monoisotopic (exact) mass is 331 g/mol. The van der Waals surface area contributed by atoms with E-state index in [-0.39, 0.29) is 5.82 Å². The Bertz CT molecular complexity index is 629. The predicted molar refractivity (Wildman–Crippen MR) is 92.3 cm³/mol. The van der Waals surface area contributed by atoms with Crippen molar-refractivity contribution in [2.75, 3.05) is 13.2 Å². The molecule has 0 aromatic heterocycles. The fraction of sp³-hybridized carbons (Fsp3) is 0.632. The van der Waals surface area contributed by atoms with Gasteiger partial charge < -0.3 is 15.4 Å². The Morgan fingerprint density at radius 3 is 3.00 bits per heavy atom. The first-order chi connectivity index (χ1) is 11.7. The van der Waals surface area contributed by atoms with Crippen molar-refractivity contribution in [3.63, 3.8) is 0 Å². The van der Waals surface area contributed by atoms with Gasteiger partial charge in [-0.05, 0) is 43.9 Å². The van der Waals surface area contributed by atoms with E-state index in [4.69, 9.17) is 4.74 Å². The van der Waals surface area contributed by atoms with Crippen molar-refractivity contribution in [2.45, 2.75) is 51.3 Å². The lowest BCUT2D eigenvalue weighted by atomic mass is 9.46. The van der Waals surface area contributed by atoms with Crippen LogP contribution in [0.25, 0.3) is 0 Å². The van der Waals surface area contributed by atoms with E-state index in [2.05, 4.69) is 22.5 Å². The molecule has 4 nitrogen and oxygen atoms in total. The second kappa shape index (κ2) is 6.36. The van der Waals surface area contributed by atoms with Gasteiger partial charge in [-0.2, -0.15) is 0 Å². The topological polar surface area (TPSA) is 45.7 Å². The third-order valence-electron chi connectivity index (χ3n) is 5.98. The molecule has 1 aliphatic heterocycles. The molecule has 1 aromatic carbocycles. The Labute approximate surface area is 142 Å². The summed E-state index contributed by atoms with van der Waals surface area (Å²) >= 11 is 0. The highest BCUT2D eigenvalue weighted by atomic mass is 19.1. The van der Waals surface area contributed by atoms with Gasteiger partial charge in [-0.25, -0.2) is 9.38 Å². The van der Waals surface area contributed by atoms with Gasteiger partial charge in [0.2, 0.25) is 0 Å². The van der Waals surface area contributed by atoms with E-state index in [1.807, 2.05) is 6.07 Å². The zero-order chi connectivity index (χ0) is 16.6. The first kappa shape index (κ1) is 15.9. The van der Waals surface area contributed by atoms with Crippen molar-refractivity contribution >= 4 is 5.96 Å². The summed E-state index contributed by atoms with van der Waals surface area (Å²) in [7, 11) is 0. The lowest BCUT2D eigenvalue weighted by molar-refractivity contribution is -0.171. The second-order valence-electron chi connectivity index (χ2n) is 7.28. The summed E-state index contributed by atoms with van der Waals surface area (Å²) in [6.07, 6.45) is 5.43. The fourth-order valence-corrected chi connectivity index (χ4v) is 4.73. The standard InChI is InChI=1S/C19H26FN3O/c1-2-21-18(22-12-13-5-3-6-14(20)11-13)23-16-15-7-10-24-17(15)19(16)8-4-9-19/h3,5-6,11,15-17H,2,4,7-10,12H2,1H3,(H2,21,22,23). The van der Waals surface area contributed by atoms with E-state index in [0.717, 1.165) is 31.1 Å². The predicted octanol–water partition coefficient (Wildman–Crippen LogP) is 2.84. The Kier molecular flexibility index (Phi) is 4.21. The van der Waals surface area contributed by atoms with Gasteiger partial charge in [-0.1, -0.05) is 18.6 Å². The SMILES string of the molecule is CCNC(=NCc1cccc(F)c1)NC1C2CCOC2C12CCC2. The van der Waals surface area contributed by atoms with E-state index in [9.17, 15) is 4.39 Å². The molecule has 5 heteroatoms. The molecule has 0 amide bonds. The Balaban J connectivity index is 1.46. The summed E-state index contributed by atoms with van der Waals surface area (Å²) in [5.74, 6) is 1.24. The molecule has 0 bridgehead atoms. The van der Waals surface area contributed by atoms with Gasteiger partial charge in [0.1, 0.15) is 5.82 Å². The largest absolute Gasteiger partial charge is 0.377 e. The summed E-state index contributed by atoms with van der Waals surface area (Å²) in [6, 6.07) is 7.12. The average molecular weight is 331 g/mol. The highest BCUT2D eigenvalue weighted by Crippen LogP contribution is 2.62. The smallest absolute Gasteiger partial charge is 0.191 e. The van der Waals surface area contributed by atoms with Gasteiger partial charge in [-0.3, -0.25) is 0 Å². The van der Waals surface area contributed by atoms with Gasteiger partial charge in [0, 0.05) is 30.5 Å². The number of rotatable bonds is 4. The maximum atomic E-state index is 13.3. The number of nitrogens with one attached hydrogen (secondary N) is 2. The van der Waals surface area contributed by atoms with Crippen LogP contribution >= 0.6 is 0 Å². The van der Waals surface area contributed by atoms with Crippen LogP contribution in [0, 0.1) is 17.2 Å². The van der Waals surface area contributed by atoms with Crippen LogP contribution < -0.4 is 10.6 Å². The number of halogens is 1. The lowest BCUT2D eigenvalue weighted by Crippen LogP contribution is -2.72. The first-order valence-corrected chi connectivity index (χ1v) is 9.14. The van der Waals surface area contributed by atoms with Gasteiger partial charge in [0.15, 0.2) is 5.96 Å². The molecule has 3 aliphatic rings. The quantitative estimate of drug-likeness (QED) is 0.659. The Morgan fingerprint density at radius 2 is 2.29 bits per heavy atom. The van der Waals surface area contributed by atoms with Gasteiger partial charge in [0.25, 0.3) is 0 Å². The van der Waals surface area contributed by atoms with Crippen LogP contribution in [-0.4, -0.2) is 31.3 Å². The molecule has 1 aromatic rings. The Morgan fingerprint density at radius 1 is 1.42 bits per heavy atom. The van der Waals surface area contributed by atoms with Crippen molar-refractivity contribution in [1.29, 1.82) is 0 Å². The minimum Gasteiger partial charge on any atom is -0.377 e. The van der Waals surface area contributed by atoms with Gasteiger partial charge in [0.05, 0.1) is 12.6 Å². The number of aliphatic imine (C=N–C) groups is 1. The number of benzene rings is 1. The summed E-state index contributed by atoms with van der Waals surface area (Å²) in [5, 5.41) is 7.01. The molecule has 2 aliphatic carbocycles. The maximum absolute atomic E-state index is 13.3. The van der Waals surface area contributed by atoms with Crippen LogP contribution in [0.5, 0.6) is 0 Å². The molecule has 3 unspecified atom stereocenters. The number of nitrogens with zero attached hydrogens (tertiary/aromatic N) is 1. The second-order valence-corrected chi connectivity index (χ2v) is 7.28. The zero-order valence-corrected chi connectivity index (χ0v) is 14.2. The fourth-order valence-electron chi connectivity index (χ4n) is 4.73. The number of fused-ring (bicyclic) bond motifs is 2. The van der Waals surface area contributed by atoms with Crippen LogP contribution in [0.4, 0.5) is 4.39 Å². The number of hydrogen-bond acceptors (Lipinski definition) is 2. The summed E-state index contributed by atoms with van der Waals surface area (Å²) in [5.41, 5.74) is 1.22. The van der Waals surface area contributed by atoms with Crippen molar-refractivity contribution in [1.82, 2.24) is 10.6 Å². The maximum Gasteiger partial charge on any atom is 0.191 e. The number of ether oxygens (including phenoxy) is 1. The van der Waals surface area contributed by atoms with Crippen molar-refractivity contribution in [3.8, 4) is 0 Å². The molecule has 3 fully saturated rings. The van der Waals surface area contributed by atoms with Crippen molar-refractivity contribution < 1.29 is 9.13 Å². The van der Waals surface area contributed by atoms with Gasteiger partial charge in [-0.15, -0.1) is 0 Å². The van der Waals surface area contributed by atoms with Crippen LogP contribution in [0.3, 0.4) is 0 Å². The third-order valence-corrected chi connectivity index (χ3v) is 5.98. The van der Waals surface area contributed by atoms with E-state index in [0.29, 0.717) is 30.0 Å². The molecular weight excluding hydrogens is 305 g/mol.